The van der Waals surface area contributed by atoms with Gasteiger partial charge in [0.15, 0.2) is 0 Å². The van der Waals surface area contributed by atoms with Crippen LogP contribution >= 0.6 is 0 Å². The second-order valence-corrected chi connectivity index (χ2v) is 2.31. The quantitative estimate of drug-likeness (QED) is 0.571. The summed E-state index contributed by atoms with van der Waals surface area (Å²) in [6.07, 6.45) is 2.34. The summed E-state index contributed by atoms with van der Waals surface area (Å²) in [4.78, 5) is 1.21. The van der Waals surface area contributed by atoms with E-state index < -0.39 is 12.7 Å². The average Bonchev–Trinajstić information content (AvgIpc) is 1.85. The van der Waals surface area contributed by atoms with Crippen molar-refractivity contribution >= 4 is 0 Å². The topological polar surface area (TPSA) is 3.24 Å². The van der Waals surface area contributed by atoms with E-state index in [-0.39, 0.29) is 0 Å². The van der Waals surface area contributed by atoms with E-state index in [9.17, 15) is 13.2 Å². The first kappa shape index (κ1) is 8.17. The SMILES string of the molecule is FC(F)(F)CN1C=CC=CC1. The fourth-order valence-electron chi connectivity index (χ4n) is 0.855. The van der Waals surface area contributed by atoms with E-state index in [0.29, 0.717) is 6.54 Å². The Balaban J connectivity index is 2.39. The van der Waals surface area contributed by atoms with Gasteiger partial charge in [-0.1, -0.05) is 12.2 Å². The van der Waals surface area contributed by atoms with Crippen molar-refractivity contribution in [2.24, 2.45) is 0 Å². The molecule has 1 nitrogen and oxygen atoms in total. The van der Waals surface area contributed by atoms with Crippen molar-refractivity contribution in [2.45, 2.75) is 6.18 Å². The summed E-state index contributed by atoms with van der Waals surface area (Å²) in [5, 5.41) is 0. The van der Waals surface area contributed by atoms with Crippen LogP contribution in [-0.2, 0) is 0 Å². The van der Waals surface area contributed by atoms with Crippen molar-refractivity contribution in [3.63, 3.8) is 0 Å². The first-order chi connectivity index (χ1) is 5.08. The molecule has 1 rings (SSSR count). The van der Waals surface area contributed by atoms with Crippen LogP contribution in [0.5, 0.6) is 0 Å². The molecular formula is C7H8F3N. The van der Waals surface area contributed by atoms with Crippen molar-refractivity contribution < 1.29 is 13.2 Å². The van der Waals surface area contributed by atoms with Gasteiger partial charge in [-0.2, -0.15) is 13.2 Å². The molecule has 4 heteroatoms. The number of rotatable bonds is 1. The zero-order valence-electron chi connectivity index (χ0n) is 5.80. The summed E-state index contributed by atoms with van der Waals surface area (Å²) in [6, 6.07) is 0. The molecule has 0 spiro atoms. The molecule has 0 fully saturated rings. The van der Waals surface area contributed by atoms with Gasteiger partial charge in [0.1, 0.15) is 6.54 Å². The molecule has 11 heavy (non-hydrogen) atoms. The zero-order chi connectivity index (χ0) is 8.32. The maximum absolute atomic E-state index is 11.7. The van der Waals surface area contributed by atoms with E-state index in [2.05, 4.69) is 0 Å². The lowest BCUT2D eigenvalue weighted by Gasteiger charge is -2.21. The highest BCUT2D eigenvalue weighted by Crippen LogP contribution is 2.17. The minimum Gasteiger partial charge on any atom is -0.365 e. The van der Waals surface area contributed by atoms with E-state index in [1.165, 1.54) is 11.1 Å². The lowest BCUT2D eigenvalue weighted by Crippen LogP contribution is -2.31. The Morgan fingerprint density at radius 1 is 1.27 bits per heavy atom. The van der Waals surface area contributed by atoms with Crippen LogP contribution in [-0.4, -0.2) is 24.2 Å². The zero-order valence-corrected chi connectivity index (χ0v) is 5.80. The lowest BCUT2D eigenvalue weighted by molar-refractivity contribution is -0.139. The number of hydrogen-bond donors (Lipinski definition) is 0. The fourth-order valence-corrected chi connectivity index (χ4v) is 0.855. The molecule has 0 bridgehead atoms. The average molecular weight is 163 g/mol. The van der Waals surface area contributed by atoms with Crippen molar-refractivity contribution in [2.75, 3.05) is 13.1 Å². The Morgan fingerprint density at radius 3 is 2.45 bits per heavy atom. The van der Waals surface area contributed by atoms with Crippen LogP contribution in [0.4, 0.5) is 13.2 Å². The van der Waals surface area contributed by atoms with Gasteiger partial charge in [0.2, 0.25) is 0 Å². The Labute approximate surface area is 62.8 Å². The summed E-state index contributed by atoms with van der Waals surface area (Å²) in [5.74, 6) is 0. The minimum atomic E-state index is -4.10. The molecule has 0 aromatic heterocycles. The first-order valence-corrected chi connectivity index (χ1v) is 3.22. The maximum atomic E-state index is 11.7. The molecule has 1 heterocycles. The smallest absolute Gasteiger partial charge is 0.365 e. The maximum Gasteiger partial charge on any atom is 0.405 e. The van der Waals surface area contributed by atoms with E-state index in [4.69, 9.17) is 0 Å². The second kappa shape index (κ2) is 2.98. The van der Waals surface area contributed by atoms with Gasteiger partial charge in [0.25, 0.3) is 0 Å². The van der Waals surface area contributed by atoms with Crippen LogP contribution in [0.2, 0.25) is 0 Å². The van der Waals surface area contributed by atoms with E-state index in [0.717, 1.165) is 0 Å². The van der Waals surface area contributed by atoms with E-state index in [1.807, 2.05) is 0 Å². The third-order valence-electron chi connectivity index (χ3n) is 1.27. The molecule has 0 unspecified atom stereocenters. The molecule has 0 radical (unpaired) electrons. The summed E-state index contributed by atoms with van der Waals surface area (Å²) >= 11 is 0. The van der Waals surface area contributed by atoms with Gasteiger partial charge in [-0.25, -0.2) is 0 Å². The first-order valence-electron chi connectivity index (χ1n) is 3.22. The van der Waals surface area contributed by atoms with Crippen molar-refractivity contribution in [3.8, 4) is 0 Å². The second-order valence-electron chi connectivity index (χ2n) is 2.31. The lowest BCUT2D eigenvalue weighted by atomic mass is 10.3. The number of halogens is 3. The molecule has 0 aromatic carbocycles. The Hall–Kier alpha value is -0.930. The van der Waals surface area contributed by atoms with Gasteiger partial charge in [0, 0.05) is 6.54 Å². The third-order valence-corrected chi connectivity index (χ3v) is 1.27. The van der Waals surface area contributed by atoms with Crippen molar-refractivity contribution in [3.05, 3.63) is 24.4 Å². The Kier molecular flexibility index (Phi) is 2.22. The molecule has 0 saturated carbocycles. The van der Waals surface area contributed by atoms with E-state index >= 15 is 0 Å². The molecule has 1 aliphatic heterocycles. The monoisotopic (exact) mass is 163 g/mol. The number of alkyl halides is 3. The summed E-state index contributed by atoms with van der Waals surface area (Å²) < 4.78 is 35.2. The van der Waals surface area contributed by atoms with Gasteiger partial charge in [-0.05, 0) is 12.3 Å². The normalized spacial score (nSPS) is 17.5. The van der Waals surface area contributed by atoms with Crippen molar-refractivity contribution in [1.29, 1.82) is 0 Å². The molecule has 0 aromatic rings. The Morgan fingerprint density at radius 2 is 2.00 bits per heavy atom. The van der Waals surface area contributed by atoms with Gasteiger partial charge < -0.3 is 4.90 Å². The van der Waals surface area contributed by atoms with Gasteiger partial charge in [-0.15, -0.1) is 0 Å². The standard InChI is InChI=1S/C7H8F3N/c8-7(9,10)6-11-4-2-1-3-5-11/h1-4H,5-6H2. The summed E-state index contributed by atoms with van der Waals surface area (Å²) in [7, 11) is 0. The predicted molar refractivity (Wildman–Crippen MR) is 35.9 cm³/mol. The van der Waals surface area contributed by atoms with E-state index in [1.54, 1.807) is 18.2 Å². The molecule has 1 aliphatic rings. The number of nitrogens with zero attached hydrogens (tertiary/aromatic N) is 1. The van der Waals surface area contributed by atoms with Crippen LogP contribution in [0.25, 0.3) is 0 Å². The predicted octanol–water partition coefficient (Wildman–Crippen LogP) is 1.93. The third kappa shape index (κ3) is 3.11. The summed E-state index contributed by atoms with van der Waals surface area (Å²) in [6.45, 7) is -0.524. The van der Waals surface area contributed by atoms with Crippen molar-refractivity contribution in [1.82, 2.24) is 4.90 Å². The minimum absolute atomic E-state index is 0.343. The van der Waals surface area contributed by atoms with Gasteiger partial charge in [0.05, 0.1) is 0 Å². The van der Waals surface area contributed by atoms with Crippen LogP contribution < -0.4 is 0 Å². The van der Waals surface area contributed by atoms with Crippen LogP contribution in [0.15, 0.2) is 24.4 Å². The van der Waals surface area contributed by atoms with Gasteiger partial charge >= 0.3 is 6.18 Å². The van der Waals surface area contributed by atoms with Crippen LogP contribution in [0.1, 0.15) is 0 Å². The molecule has 0 aliphatic carbocycles. The highest BCUT2D eigenvalue weighted by molar-refractivity contribution is 5.08. The fraction of sp³-hybridized carbons (Fsp3) is 0.429. The molecule has 0 amide bonds. The molecule has 62 valence electrons. The van der Waals surface area contributed by atoms with Crippen LogP contribution in [0, 0.1) is 0 Å². The highest BCUT2D eigenvalue weighted by atomic mass is 19.4. The number of hydrogen-bond acceptors (Lipinski definition) is 1. The molecule has 0 N–H and O–H groups in total. The van der Waals surface area contributed by atoms with Crippen LogP contribution in [0.3, 0.4) is 0 Å². The van der Waals surface area contributed by atoms with Gasteiger partial charge in [-0.3, -0.25) is 0 Å². The molecule has 0 saturated heterocycles. The Bertz CT molecular complexity index is 181. The number of allylic oxidation sites excluding steroid dienone is 2. The summed E-state index contributed by atoms with van der Waals surface area (Å²) in [5.41, 5.74) is 0. The molecular weight excluding hydrogens is 155 g/mol. The molecule has 0 atom stereocenters. The highest BCUT2D eigenvalue weighted by Gasteiger charge is 2.29. The largest absolute Gasteiger partial charge is 0.405 e.